The van der Waals surface area contributed by atoms with E-state index in [9.17, 15) is 4.79 Å². The Morgan fingerprint density at radius 1 is 1.29 bits per heavy atom. The van der Waals surface area contributed by atoms with Crippen LogP contribution in [0.15, 0.2) is 34.7 Å². The zero-order valence-electron chi connectivity index (χ0n) is 13.5. The molecule has 0 N–H and O–H groups in total. The fourth-order valence-electron chi connectivity index (χ4n) is 2.10. The number of hydrogen-bond acceptors (Lipinski definition) is 7. The lowest BCUT2D eigenvalue weighted by Gasteiger charge is -2.11. The van der Waals surface area contributed by atoms with Crippen molar-refractivity contribution in [3.05, 3.63) is 42.0 Å². The largest absolute Gasteiger partial charge is 0.467 e. The number of amides is 1. The first-order valence-electron chi connectivity index (χ1n) is 7.16. The second-order valence-corrected chi connectivity index (χ2v) is 5.07. The van der Waals surface area contributed by atoms with Gasteiger partial charge in [0.25, 0.3) is 5.91 Å². The van der Waals surface area contributed by atoms with Gasteiger partial charge < -0.3 is 14.1 Å². The standard InChI is InChI=1S/C15H16N6O3/c1-20(14(22)12-16-15(23-3)21(2)19-12)9-11-17-18-13(24-11)10-7-5-4-6-8-10/h4-8H,9H2,1-3H3. The Balaban J connectivity index is 1.71. The fraction of sp³-hybridized carbons (Fsp3) is 0.267. The van der Waals surface area contributed by atoms with Gasteiger partial charge in [-0.2, -0.15) is 4.98 Å². The molecule has 0 fully saturated rings. The predicted octanol–water partition coefficient (Wildman–Crippen LogP) is 1.15. The van der Waals surface area contributed by atoms with Crippen molar-refractivity contribution in [2.24, 2.45) is 7.05 Å². The van der Waals surface area contributed by atoms with Crippen LogP contribution in [0, 0.1) is 0 Å². The highest BCUT2D eigenvalue weighted by atomic mass is 16.5. The summed E-state index contributed by atoms with van der Waals surface area (Å²) in [5.41, 5.74) is 0.821. The minimum atomic E-state index is -0.367. The number of methoxy groups -OCH3 is 1. The summed E-state index contributed by atoms with van der Waals surface area (Å²) < 4.78 is 12.0. The Morgan fingerprint density at radius 2 is 2.04 bits per heavy atom. The van der Waals surface area contributed by atoms with Crippen LogP contribution in [-0.4, -0.2) is 49.9 Å². The van der Waals surface area contributed by atoms with Crippen molar-refractivity contribution in [3.8, 4) is 17.5 Å². The highest BCUT2D eigenvalue weighted by Gasteiger charge is 2.21. The third kappa shape index (κ3) is 3.09. The highest BCUT2D eigenvalue weighted by Crippen LogP contribution is 2.17. The summed E-state index contributed by atoms with van der Waals surface area (Å²) in [6, 6.07) is 9.67. The number of hydrogen-bond donors (Lipinski definition) is 0. The summed E-state index contributed by atoms with van der Waals surface area (Å²) in [6.07, 6.45) is 0. The molecular formula is C15H16N6O3. The number of carbonyl (C=O) groups excluding carboxylic acids is 1. The molecule has 1 amide bonds. The summed E-state index contributed by atoms with van der Waals surface area (Å²) in [7, 11) is 4.72. The fourth-order valence-corrected chi connectivity index (χ4v) is 2.10. The molecule has 0 aliphatic heterocycles. The van der Waals surface area contributed by atoms with E-state index in [1.807, 2.05) is 30.3 Å². The lowest BCUT2D eigenvalue weighted by molar-refractivity contribution is 0.0760. The molecule has 9 nitrogen and oxygen atoms in total. The molecule has 1 aromatic carbocycles. The third-order valence-electron chi connectivity index (χ3n) is 3.30. The molecule has 0 unspecified atom stereocenters. The van der Waals surface area contributed by atoms with Crippen molar-refractivity contribution in [3.63, 3.8) is 0 Å². The van der Waals surface area contributed by atoms with Crippen LogP contribution in [0.3, 0.4) is 0 Å². The van der Waals surface area contributed by atoms with E-state index >= 15 is 0 Å². The van der Waals surface area contributed by atoms with E-state index in [4.69, 9.17) is 9.15 Å². The third-order valence-corrected chi connectivity index (χ3v) is 3.30. The molecule has 2 aromatic heterocycles. The zero-order valence-corrected chi connectivity index (χ0v) is 13.5. The van der Waals surface area contributed by atoms with Gasteiger partial charge in [0.05, 0.1) is 13.7 Å². The maximum Gasteiger partial charge on any atom is 0.314 e. The molecule has 0 atom stereocenters. The summed E-state index contributed by atoms with van der Waals surface area (Å²) in [6.45, 7) is 0.152. The molecule has 0 radical (unpaired) electrons. The Labute approximate surface area is 137 Å². The topological polar surface area (TPSA) is 99.2 Å². The molecule has 3 rings (SSSR count). The van der Waals surface area contributed by atoms with Crippen LogP contribution in [0.4, 0.5) is 0 Å². The van der Waals surface area contributed by atoms with Gasteiger partial charge in [-0.15, -0.1) is 15.3 Å². The second-order valence-electron chi connectivity index (χ2n) is 5.07. The lowest BCUT2D eigenvalue weighted by Crippen LogP contribution is -2.27. The molecule has 0 saturated heterocycles. The monoisotopic (exact) mass is 328 g/mol. The van der Waals surface area contributed by atoms with Crippen molar-refractivity contribution >= 4 is 5.91 Å². The first-order chi connectivity index (χ1) is 11.6. The van der Waals surface area contributed by atoms with Gasteiger partial charge in [-0.05, 0) is 12.1 Å². The van der Waals surface area contributed by atoms with Gasteiger partial charge in [0.15, 0.2) is 0 Å². The average molecular weight is 328 g/mol. The zero-order chi connectivity index (χ0) is 17.1. The van der Waals surface area contributed by atoms with E-state index in [-0.39, 0.29) is 24.3 Å². The molecule has 9 heteroatoms. The number of ether oxygens (including phenoxy) is 1. The Kier molecular flexibility index (Phi) is 4.23. The molecule has 24 heavy (non-hydrogen) atoms. The minimum Gasteiger partial charge on any atom is -0.467 e. The van der Waals surface area contributed by atoms with E-state index in [0.29, 0.717) is 11.8 Å². The Hall–Kier alpha value is -3.23. The Bertz CT molecular complexity index is 842. The van der Waals surface area contributed by atoms with E-state index in [1.54, 1.807) is 14.1 Å². The molecular weight excluding hydrogens is 312 g/mol. The number of aryl methyl sites for hydroxylation is 1. The smallest absolute Gasteiger partial charge is 0.314 e. The number of nitrogens with zero attached hydrogens (tertiary/aromatic N) is 6. The van der Waals surface area contributed by atoms with Gasteiger partial charge in [-0.25, -0.2) is 4.68 Å². The van der Waals surface area contributed by atoms with Crippen molar-refractivity contribution in [1.82, 2.24) is 29.9 Å². The quantitative estimate of drug-likeness (QED) is 0.692. The number of carbonyl (C=O) groups is 1. The average Bonchev–Trinajstić information content (AvgIpc) is 3.21. The van der Waals surface area contributed by atoms with E-state index in [2.05, 4.69) is 20.3 Å². The van der Waals surface area contributed by atoms with Crippen molar-refractivity contribution in [1.29, 1.82) is 0 Å². The molecule has 124 valence electrons. The van der Waals surface area contributed by atoms with Gasteiger partial charge in [0, 0.05) is 19.7 Å². The summed E-state index contributed by atoms with van der Waals surface area (Å²) in [5.74, 6) is 0.407. The van der Waals surface area contributed by atoms with Crippen LogP contribution in [0.1, 0.15) is 16.5 Å². The second kappa shape index (κ2) is 6.49. The first-order valence-corrected chi connectivity index (χ1v) is 7.16. The normalized spacial score (nSPS) is 10.6. The van der Waals surface area contributed by atoms with Gasteiger partial charge in [-0.1, -0.05) is 18.2 Å². The van der Waals surface area contributed by atoms with Crippen LogP contribution >= 0.6 is 0 Å². The number of benzene rings is 1. The van der Waals surface area contributed by atoms with Gasteiger partial charge in [0.2, 0.25) is 17.6 Å². The lowest BCUT2D eigenvalue weighted by atomic mass is 10.2. The van der Waals surface area contributed by atoms with Crippen LogP contribution in [0.25, 0.3) is 11.5 Å². The van der Waals surface area contributed by atoms with E-state index in [0.717, 1.165) is 5.56 Å². The molecule has 0 aliphatic carbocycles. The van der Waals surface area contributed by atoms with Crippen LogP contribution in [0.2, 0.25) is 0 Å². The van der Waals surface area contributed by atoms with Crippen LogP contribution in [0.5, 0.6) is 6.01 Å². The summed E-state index contributed by atoms with van der Waals surface area (Å²) >= 11 is 0. The molecule has 0 spiro atoms. The molecule has 0 aliphatic rings. The molecule has 0 bridgehead atoms. The molecule has 2 heterocycles. The first kappa shape index (κ1) is 15.7. The molecule has 0 saturated carbocycles. The van der Waals surface area contributed by atoms with Gasteiger partial charge in [-0.3, -0.25) is 4.79 Å². The van der Waals surface area contributed by atoms with E-state index in [1.165, 1.54) is 16.7 Å². The van der Waals surface area contributed by atoms with Gasteiger partial charge >= 0.3 is 6.01 Å². The number of rotatable bonds is 5. The van der Waals surface area contributed by atoms with Crippen LogP contribution in [-0.2, 0) is 13.6 Å². The predicted molar refractivity (Wildman–Crippen MR) is 83.1 cm³/mol. The maximum absolute atomic E-state index is 12.3. The van der Waals surface area contributed by atoms with Crippen molar-refractivity contribution in [2.75, 3.05) is 14.2 Å². The van der Waals surface area contributed by atoms with E-state index < -0.39 is 0 Å². The SMILES string of the molecule is COc1nc(C(=O)N(C)Cc2nnc(-c3ccccc3)o2)nn1C. The van der Waals surface area contributed by atoms with Gasteiger partial charge in [0.1, 0.15) is 0 Å². The Morgan fingerprint density at radius 3 is 2.71 bits per heavy atom. The molecule has 3 aromatic rings. The van der Waals surface area contributed by atoms with Crippen LogP contribution < -0.4 is 4.74 Å². The minimum absolute atomic E-state index is 0.0413. The number of aromatic nitrogens is 5. The highest BCUT2D eigenvalue weighted by molar-refractivity contribution is 5.90. The summed E-state index contributed by atoms with van der Waals surface area (Å²) in [4.78, 5) is 17.8. The van der Waals surface area contributed by atoms with Crippen molar-refractivity contribution in [2.45, 2.75) is 6.54 Å². The summed E-state index contributed by atoms with van der Waals surface area (Å²) in [5, 5.41) is 12.0. The van der Waals surface area contributed by atoms with Crippen molar-refractivity contribution < 1.29 is 13.9 Å². The maximum atomic E-state index is 12.3.